The van der Waals surface area contributed by atoms with Gasteiger partial charge in [0.15, 0.2) is 5.82 Å². The summed E-state index contributed by atoms with van der Waals surface area (Å²) >= 11 is 6.29. The number of anilines is 1. The molecule has 0 bridgehead atoms. The number of halogens is 2. The van der Waals surface area contributed by atoms with Crippen molar-refractivity contribution in [3.8, 4) is 16.9 Å². The minimum atomic E-state index is -0.485. The van der Waals surface area contributed by atoms with Gasteiger partial charge in [0.2, 0.25) is 5.95 Å². The maximum atomic E-state index is 15.2. The van der Waals surface area contributed by atoms with E-state index in [-0.39, 0.29) is 11.1 Å². The molecule has 3 aromatic heterocycles. The van der Waals surface area contributed by atoms with Gasteiger partial charge in [0.05, 0.1) is 16.4 Å². The first kappa shape index (κ1) is 30.9. The van der Waals surface area contributed by atoms with Gasteiger partial charge in [-0.15, -0.1) is 0 Å². The molecule has 1 saturated heterocycles. The fourth-order valence-corrected chi connectivity index (χ4v) is 6.39. The third-order valence-corrected chi connectivity index (χ3v) is 8.81. The Hall–Kier alpha value is -4.08. The number of nitrogens with one attached hydrogen (secondary N) is 3. The van der Waals surface area contributed by atoms with E-state index in [9.17, 15) is 4.79 Å². The van der Waals surface area contributed by atoms with Crippen LogP contribution in [0, 0.1) is 11.7 Å². The van der Waals surface area contributed by atoms with Crippen molar-refractivity contribution < 1.29 is 4.39 Å². The molecule has 45 heavy (non-hydrogen) atoms. The minimum absolute atomic E-state index is 0.0931. The van der Waals surface area contributed by atoms with Crippen LogP contribution in [0.5, 0.6) is 0 Å². The SMILES string of the molecule is CC(C)CCCc1cc(Cl)c(F)c(-c2cc3cn(-c4ccc([C@H]5CCC[C@H](CCNc6ncccn6)N5)cc4)c(=O)nc3[nH]2)c1. The Morgan fingerprint density at radius 3 is 2.69 bits per heavy atom. The van der Waals surface area contributed by atoms with Crippen molar-refractivity contribution in [2.75, 3.05) is 11.9 Å². The van der Waals surface area contributed by atoms with Crippen molar-refractivity contribution >= 4 is 28.6 Å². The van der Waals surface area contributed by atoms with Crippen LogP contribution in [0.3, 0.4) is 0 Å². The standard InChI is InChI=1S/C35H39ClFN7O/c1-22(2)6-3-7-23-18-28(32(37)29(36)19-23)31-20-25-21-44(35(45)43-33(25)42-31)27-12-10-24(11-13-27)30-9-4-8-26(41-30)14-17-40-34-38-15-5-16-39-34/h5,10-13,15-16,18-22,26,30,41H,3-4,6-9,14,17H2,1-2H3,(H,38,39,40)(H,42,43,45)/t26-,30-/m1/s1. The lowest BCUT2D eigenvalue weighted by Gasteiger charge is -2.31. The van der Waals surface area contributed by atoms with Crippen LogP contribution in [0.25, 0.3) is 28.0 Å². The third-order valence-electron chi connectivity index (χ3n) is 8.53. The Balaban J connectivity index is 1.16. The molecular weight excluding hydrogens is 589 g/mol. The topological polar surface area (TPSA) is 101 Å². The van der Waals surface area contributed by atoms with Crippen LogP contribution in [-0.4, -0.2) is 37.1 Å². The predicted molar refractivity (Wildman–Crippen MR) is 179 cm³/mol. The lowest BCUT2D eigenvalue weighted by atomic mass is 9.92. The monoisotopic (exact) mass is 627 g/mol. The van der Waals surface area contributed by atoms with Crippen molar-refractivity contribution in [3.63, 3.8) is 0 Å². The Bertz CT molecular complexity index is 1800. The highest BCUT2D eigenvalue weighted by atomic mass is 35.5. The van der Waals surface area contributed by atoms with Crippen LogP contribution in [0.2, 0.25) is 5.02 Å². The number of H-pyrrole nitrogens is 1. The first-order chi connectivity index (χ1) is 21.8. The van der Waals surface area contributed by atoms with Crippen LogP contribution in [-0.2, 0) is 6.42 Å². The van der Waals surface area contributed by atoms with Gasteiger partial charge in [0.25, 0.3) is 0 Å². The number of aromatic amines is 1. The van der Waals surface area contributed by atoms with Gasteiger partial charge < -0.3 is 15.6 Å². The number of hydrogen-bond donors (Lipinski definition) is 3. The second-order valence-corrected chi connectivity index (χ2v) is 12.7. The summed E-state index contributed by atoms with van der Waals surface area (Å²) in [6, 6.07) is 15.9. The summed E-state index contributed by atoms with van der Waals surface area (Å²) in [5.41, 5.74) is 3.83. The normalized spacial score (nSPS) is 16.8. The molecule has 0 aliphatic carbocycles. The Morgan fingerprint density at radius 1 is 1.11 bits per heavy atom. The largest absolute Gasteiger partial charge is 0.354 e. The van der Waals surface area contributed by atoms with Gasteiger partial charge in [-0.1, -0.05) is 50.4 Å². The van der Waals surface area contributed by atoms with Crippen LogP contribution >= 0.6 is 11.6 Å². The van der Waals surface area contributed by atoms with Gasteiger partial charge in [-0.2, -0.15) is 4.98 Å². The average Bonchev–Trinajstić information content (AvgIpc) is 3.45. The zero-order valence-corrected chi connectivity index (χ0v) is 26.4. The van der Waals surface area contributed by atoms with Crippen LogP contribution in [0.4, 0.5) is 10.3 Å². The minimum Gasteiger partial charge on any atom is -0.354 e. The molecule has 0 unspecified atom stereocenters. The summed E-state index contributed by atoms with van der Waals surface area (Å²) in [5, 5.41) is 7.89. The highest BCUT2D eigenvalue weighted by molar-refractivity contribution is 6.31. The summed E-state index contributed by atoms with van der Waals surface area (Å²) in [7, 11) is 0. The van der Waals surface area contributed by atoms with E-state index in [0.29, 0.717) is 40.2 Å². The lowest BCUT2D eigenvalue weighted by Crippen LogP contribution is -2.38. The second kappa shape index (κ2) is 13.9. The average molecular weight is 628 g/mol. The van der Waals surface area contributed by atoms with Crippen LogP contribution < -0.4 is 16.3 Å². The number of nitrogens with zero attached hydrogens (tertiary/aromatic N) is 4. The Kier molecular flexibility index (Phi) is 9.56. The number of hydrogen-bond acceptors (Lipinski definition) is 6. The molecule has 5 aromatic rings. The molecule has 2 aromatic carbocycles. The van der Waals surface area contributed by atoms with Gasteiger partial charge in [-0.3, -0.25) is 4.57 Å². The molecule has 0 saturated carbocycles. The van der Waals surface area contributed by atoms with E-state index in [4.69, 9.17) is 11.6 Å². The van der Waals surface area contributed by atoms with Crippen molar-refractivity contribution in [2.24, 2.45) is 5.92 Å². The summed E-state index contributed by atoms with van der Waals surface area (Å²) in [6.45, 7) is 5.19. The molecule has 0 radical (unpaired) electrons. The van der Waals surface area contributed by atoms with Gasteiger partial charge in [-0.05, 0) is 85.5 Å². The number of aromatic nitrogens is 5. The summed E-state index contributed by atoms with van der Waals surface area (Å²) in [4.78, 5) is 28.9. The molecule has 0 spiro atoms. The molecule has 234 valence electrons. The van der Waals surface area contributed by atoms with E-state index in [1.807, 2.05) is 24.3 Å². The van der Waals surface area contributed by atoms with Crippen LogP contribution in [0.1, 0.15) is 69.5 Å². The number of aryl methyl sites for hydroxylation is 1. The number of piperidine rings is 1. The highest BCUT2D eigenvalue weighted by Gasteiger charge is 2.22. The molecule has 0 amide bonds. The van der Waals surface area contributed by atoms with E-state index < -0.39 is 11.5 Å². The molecule has 4 heterocycles. The molecule has 2 atom stereocenters. The molecule has 10 heteroatoms. The number of rotatable bonds is 11. The molecule has 1 aliphatic heterocycles. The number of benzene rings is 2. The first-order valence-corrected chi connectivity index (χ1v) is 16.2. The molecule has 8 nitrogen and oxygen atoms in total. The summed E-state index contributed by atoms with van der Waals surface area (Å²) in [5.74, 6) is 0.772. The van der Waals surface area contributed by atoms with Crippen molar-refractivity contribution in [2.45, 2.75) is 70.9 Å². The Labute approximate surface area is 267 Å². The maximum Gasteiger partial charge on any atom is 0.354 e. The fourth-order valence-electron chi connectivity index (χ4n) is 6.15. The zero-order valence-electron chi connectivity index (χ0n) is 25.7. The van der Waals surface area contributed by atoms with E-state index in [0.717, 1.165) is 62.7 Å². The van der Waals surface area contributed by atoms with E-state index in [1.54, 1.807) is 30.7 Å². The van der Waals surface area contributed by atoms with E-state index in [2.05, 4.69) is 56.5 Å². The second-order valence-electron chi connectivity index (χ2n) is 12.3. The van der Waals surface area contributed by atoms with Gasteiger partial charge in [0.1, 0.15) is 5.65 Å². The van der Waals surface area contributed by atoms with Crippen molar-refractivity contribution in [1.29, 1.82) is 0 Å². The highest BCUT2D eigenvalue weighted by Crippen LogP contribution is 2.32. The third kappa shape index (κ3) is 7.43. The molecule has 1 fully saturated rings. The molecule has 1 aliphatic rings. The quantitative estimate of drug-likeness (QED) is 0.139. The zero-order chi connectivity index (χ0) is 31.3. The van der Waals surface area contributed by atoms with Gasteiger partial charge in [-0.25, -0.2) is 19.2 Å². The maximum absolute atomic E-state index is 15.2. The first-order valence-electron chi connectivity index (χ1n) is 15.8. The lowest BCUT2D eigenvalue weighted by molar-refractivity contribution is 0.316. The van der Waals surface area contributed by atoms with Gasteiger partial charge >= 0.3 is 5.69 Å². The number of fused-ring (bicyclic) bond motifs is 1. The van der Waals surface area contributed by atoms with Gasteiger partial charge in [0, 0.05) is 48.2 Å². The van der Waals surface area contributed by atoms with E-state index in [1.165, 1.54) is 10.1 Å². The van der Waals surface area contributed by atoms with Crippen LogP contribution in [0.15, 0.2) is 71.9 Å². The summed E-state index contributed by atoms with van der Waals surface area (Å²) < 4.78 is 16.7. The molecular formula is C35H39ClFN7O. The molecule has 3 N–H and O–H groups in total. The summed E-state index contributed by atoms with van der Waals surface area (Å²) in [6.07, 6.45) is 12.5. The van der Waals surface area contributed by atoms with Crippen molar-refractivity contribution in [1.82, 2.24) is 29.8 Å². The molecule has 6 rings (SSSR count). The van der Waals surface area contributed by atoms with E-state index >= 15 is 4.39 Å². The predicted octanol–water partition coefficient (Wildman–Crippen LogP) is 7.63. The van der Waals surface area contributed by atoms with Crippen molar-refractivity contribution in [3.05, 3.63) is 99.6 Å². The fraction of sp³-hybridized carbons (Fsp3) is 0.371. The Morgan fingerprint density at radius 2 is 1.91 bits per heavy atom. The smallest absolute Gasteiger partial charge is 0.354 e.